The number of urea groups is 1. The summed E-state index contributed by atoms with van der Waals surface area (Å²) in [6.07, 6.45) is 5.26. The van der Waals surface area contributed by atoms with Gasteiger partial charge in [0.25, 0.3) is 11.6 Å². The van der Waals surface area contributed by atoms with Crippen LogP contribution in [0, 0.1) is 10.1 Å². The van der Waals surface area contributed by atoms with Crippen molar-refractivity contribution in [1.29, 1.82) is 0 Å². The van der Waals surface area contributed by atoms with Gasteiger partial charge in [0.05, 0.1) is 11.1 Å². The molecule has 24 heavy (non-hydrogen) atoms. The molecule has 0 unspecified atom stereocenters. The van der Waals surface area contributed by atoms with Crippen LogP contribution in [0.5, 0.6) is 0 Å². The molecule has 1 heterocycles. The molecule has 8 nitrogen and oxygen atoms in total. The smallest absolute Gasteiger partial charge is 0.321 e. The van der Waals surface area contributed by atoms with E-state index < -0.39 is 16.5 Å². The van der Waals surface area contributed by atoms with Crippen LogP contribution in [0.1, 0.15) is 37.7 Å². The molecule has 1 saturated heterocycles. The molecule has 1 N–H and O–H groups in total. The van der Waals surface area contributed by atoms with Gasteiger partial charge in [-0.15, -0.1) is 5.01 Å². The molecule has 9 heteroatoms. The second kappa shape index (κ2) is 6.20. The summed E-state index contributed by atoms with van der Waals surface area (Å²) < 4.78 is 0. The second-order valence-corrected chi connectivity index (χ2v) is 6.31. The number of nitro groups is 1. The summed E-state index contributed by atoms with van der Waals surface area (Å²) >= 11 is 5.75. The number of imide groups is 1. The highest BCUT2D eigenvalue weighted by Gasteiger charge is 2.51. The summed E-state index contributed by atoms with van der Waals surface area (Å²) in [7, 11) is 0. The van der Waals surface area contributed by atoms with E-state index in [0.29, 0.717) is 18.4 Å². The molecular weight excluding hydrogens is 336 g/mol. The first-order valence-electron chi connectivity index (χ1n) is 7.58. The quantitative estimate of drug-likeness (QED) is 0.391. The van der Waals surface area contributed by atoms with Crippen LogP contribution < -0.4 is 5.32 Å². The van der Waals surface area contributed by atoms with Gasteiger partial charge in [-0.3, -0.25) is 14.9 Å². The van der Waals surface area contributed by atoms with E-state index in [1.54, 1.807) is 0 Å². The van der Waals surface area contributed by atoms with Gasteiger partial charge >= 0.3 is 6.03 Å². The average molecular weight is 351 g/mol. The number of halogens is 1. The van der Waals surface area contributed by atoms with Crippen LogP contribution in [-0.4, -0.2) is 33.6 Å². The maximum atomic E-state index is 12.5. The molecule has 1 aliphatic heterocycles. The number of carbonyl (C=O) groups excluding carboxylic acids is 2. The fourth-order valence-electron chi connectivity index (χ4n) is 3.08. The van der Waals surface area contributed by atoms with Gasteiger partial charge in [-0.2, -0.15) is 5.10 Å². The summed E-state index contributed by atoms with van der Waals surface area (Å²) in [4.78, 5) is 34.9. The lowest BCUT2D eigenvalue weighted by atomic mass is 9.82. The number of nitrogens with zero attached hydrogens (tertiary/aromatic N) is 3. The Kier molecular flexibility index (Phi) is 4.23. The Bertz CT molecular complexity index is 743. The largest absolute Gasteiger partial charge is 0.346 e. The number of benzene rings is 1. The second-order valence-electron chi connectivity index (χ2n) is 5.90. The molecule has 126 valence electrons. The minimum Gasteiger partial charge on any atom is -0.321 e. The molecule has 1 spiro atoms. The van der Waals surface area contributed by atoms with Crippen LogP contribution >= 0.6 is 11.6 Å². The Hall–Kier alpha value is -2.48. The number of rotatable bonds is 3. The highest BCUT2D eigenvalue weighted by molar-refractivity contribution is 6.32. The summed E-state index contributed by atoms with van der Waals surface area (Å²) in [6, 6.07) is 3.56. The number of nitrogens with one attached hydrogen (secondary N) is 1. The van der Waals surface area contributed by atoms with Gasteiger partial charge < -0.3 is 5.32 Å². The molecule has 0 aromatic heterocycles. The lowest BCUT2D eigenvalue weighted by Gasteiger charge is -2.29. The van der Waals surface area contributed by atoms with Gasteiger partial charge in [0.2, 0.25) is 0 Å². The number of carbonyl (C=O) groups is 2. The van der Waals surface area contributed by atoms with E-state index in [2.05, 4.69) is 10.4 Å². The van der Waals surface area contributed by atoms with Gasteiger partial charge in [0, 0.05) is 11.6 Å². The molecule has 3 amide bonds. The first-order chi connectivity index (χ1) is 11.4. The molecule has 1 aromatic rings. The predicted octanol–water partition coefficient (Wildman–Crippen LogP) is 2.84. The molecule has 0 bridgehead atoms. The third-order valence-electron chi connectivity index (χ3n) is 4.34. The fraction of sp³-hybridized carbons (Fsp3) is 0.400. The molecule has 0 atom stereocenters. The van der Waals surface area contributed by atoms with E-state index in [4.69, 9.17) is 11.6 Å². The lowest BCUT2D eigenvalue weighted by Crippen LogP contribution is -2.48. The molecule has 2 aliphatic rings. The van der Waals surface area contributed by atoms with Crippen LogP contribution in [0.2, 0.25) is 5.02 Å². The van der Waals surface area contributed by atoms with E-state index in [-0.39, 0.29) is 16.6 Å². The third-order valence-corrected chi connectivity index (χ3v) is 4.66. The Balaban J connectivity index is 1.82. The highest BCUT2D eigenvalue weighted by atomic mass is 35.5. The fourth-order valence-corrected chi connectivity index (χ4v) is 3.27. The number of nitro benzene ring substituents is 1. The third kappa shape index (κ3) is 2.84. The van der Waals surface area contributed by atoms with E-state index in [1.807, 2.05) is 0 Å². The lowest BCUT2D eigenvalue weighted by molar-refractivity contribution is -0.384. The summed E-state index contributed by atoms with van der Waals surface area (Å²) in [5, 5.41) is 18.3. The van der Waals surface area contributed by atoms with Gasteiger partial charge in [-0.05, 0) is 18.9 Å². The van der Waals surface area contributed by atoms with Gasteiger partial charge in [-0.1, -0.05) is 36.9 Å². The molecular formula is C15H15ClN4O4. The monoisotopic (exact) mass is 350 g/mol. The molecule has 1 aromatic carbocycles. The van der Waals surface area contributed by atoms with Crippen LogP contribution in [0.4, 0.5) is 10.5 Å². The highest BCUT2D eigenvalue weighted by Crippen LogP contribution is 2.33. The summed E-state index contributed by atoms with van der Waals surface area (Å²) in [5.41, 5.74) is -0.739. The number of hydrogen-bond acceptors (Lipinski definition) is 5. The van der Waals surface area contributed by atoms with Crippen molar-refractivity contribution in [3.63, 3.8) is 0 Å². The average Bonchev–Trinajstić information content (AvgIpc) is 2.77. The van der Waals surface area contributed by atoms with Crippen molar-refractivity contribution in [3.8, 4) is 0 Å². The molecule has 3 rings (SSSR count). The van der Waals surface area contributed by atoms with Crippen LogP contribution in [0.25, 0.3) is 0 Å². The number of amides is 3. The van der Waals surface area contributed by atoms with E-state index in [0.717, 1.165) is 24.3 Å². The first kappa shape index (κ1) is 16.4. The predicted molar refractivity (Wildman–Crippen MR) is 86.9 cm³/mol. The van der Waals surface area contributed by atoms with Crippen LogP contribution in [0.3, 0.4) is 0 Å². The Morgan fingerprint density at radius 2 is 2.00 bits per heavy atom. The van der Waals surface area contributed by atoms with Crippen molar-refractivity contribution in [2.45, 2.75) is 37.6 Å². The van der Waals surface area contributed by atoms with E-state index in [9.17, 15) is 19.7 Å². The zero-order valence-corrected chi connectivity index (χ0v) is 13.5. The molecule has 2 fully saturated rings. The van der Waals surface area contributed by atoms with Crippen LogP contribution in [0.15, 0.2) is 23.3 Å². The van der Waals surface area contributed by atoms with Crippen molar-refractivity contribution in [2.75, 3.05) is 0 Å². The zero-order valence-electron chi connectivity index (χ0n) is 12.7. The Morgan fingerprint density at radius 3 is 2.67 bits per heavy atom. The summed E-state index contributed by atoms with van der Waals surface area (Å²) in [5.74, 6) is -0.369. The standard InChI is InChI=1S/C15H15ClN4O4/c16-11-5-4-10(8-12(11)20(23)24)9-17-19-13(21)15(18-14(19)22)6-2-1-3-7-15/h4-5,8-9H,1-3,6-7H2,(H,18,22)/b17-9-. The van der Waals surface area contributed by atoms with Crippen molar-refractivity contribution in [3.05, 3.63) is 38.9 Å². The van der Waals surface area contributed by atoms with Crippen LogP contribution in [-0.2, 0) is 4.79 Å². The minimum atomic E-state index is -0.849. The van der Waals surface area contributed by atoms with Crippen molar-refractivity contribution < 1.29 is 14.5 Å². The minimum absolute atomic E-state index is 0.00769. The number of hydrogen-bond donors (Lipinski definition) is 1. The topological polar surface area (TPSA) is 105 Å². The SMILES string of the molecule is O=C1NC2(CCCCC2)C(=O)N1/N=C\c1ccc(Cl)c([N+](=O)[O-])c1. The molecule has 1 saturated carbocycles. The maximum Gasteiger partial charge on any atom is 0.346 e. The van der Waals surface area contributed by atoms with Gasteiger partial charge in [0.15, 0.2) is 0 Å². The normalized spacial score (nSPS) is 20.0. The van der Waals surface area contributed by atoms with Gasteiger partial charge in [-0.25, -0.2) is 4.79 Å². The Morgan fingerprint density at radius 1 is 1.29 bits per heavy atom. The van der Waals surface area contributed by atoms with Gasteiger partial charge in [0.1, 0.15) is 10.6 Å². The summed E-state index contributed by atoms with van der Waals surface area (Å²) in [6.45, 7) is 0. The molecule has 0 radical (unpaired) electrons. The first-order valence-corrected chi connectivity index (χ1v) is 7.95. The number of hydrazone groups is 1. The Labute approximate surface area is 142 Å². The maximum absolute atomic E-state index is 12.5. The van der Waals surface area contributed by atoms with Crippen molar-refractivity contribution >= 4 is 35.4 Å². The van der Waals surface area contributed by atoms with Crippen molar-refractivity contribution in [2.24, 2.45) is 5.10 Å². The van der Waals surface area contributed by atoms with E-state index in [1.165, 1.54) is 24.4 Å². The van der Waals surface area contributed by atoms with Crippen molar-refractivity contribution in [1.82, 2.24) is 10.3 Å². The zero-order chi connectivity index (χ0) is 17.3. The van der Waals surface area contributed by atoms with E-state index >= 15 is 0 Å². The molecule has 1 aliphatic carbocycles.